The van der Waals surface area contributed by atoms with Crippen LogP contribution in [0.4, 0.5) is 4.39 Å². The average Bonchev–Trinajstić information content (AvgIpc) is 3.05. The number of carbonyl (C=O) groups is 1. The minimum absolute atomic E-state index is 0.207. The fraction of sp³-hybridized carbons (Fsp3) is 0.400. The Bertz CT molecular complexity index is 1090. The van der Waals surface area contributed by atoms with Gasteiger partial charge in [0.1, 0.15) is 11.6 Å². The van der Waals surface area contributed by atoms with E-state index in [1.807, 2.05) is 6.07 Å². The summed E-state index contributed by atoms with van der Waals surface area (Å²) in [5, 5.41) is 10.9. The number of rotatable bonds is 3. The molecule has 3 aromatic rings. The average molecular weight is 407 g/mol. The molecular weight excluding hydrogens is 383 g/mol. The van der Waals surface area contributed by atoms with Gasteiger partial charge in [-0.2, -0.15) is 0 Å². The minimum atomic E-state index is -0.278. The van der Waals surface area contributed by atoms with Crippen LogP contribution < -0.4 is 0 Å². The summed E-state index contributed by atoms with van der Waals surface area (Å²) in [4.78, 5) is 14.9. The van der Waals surface area contributed by atoms with E-state index in [0.717, 1.165) is 45.4 Å². The molecule has 0 unspecified atom stereocenters. The van der Waals surface area contributed by atoms with Crippen LogP contribution >= 0.6 is 11.3 Å². The van der Waals surface area contributed by atoms with Crippen LogP contribution in [0.3, 0.4) is 0 Å². The van der Waals surface area contributed by atoms with Gasteiger partial charge in [-0.05, 0) is 92.2 Å². The van der Waals surface area contributed by atoms with E-state index in [9.17, 15) is 14.3 Å². The Balaban J connectivity index is 1.53. The summed E-state index contributed by atoms with van der Waals surface area (Å²) in [5.41, 5.74) is 1.56. The second-order valence-electron chi connectivity index (χ2n) is 9.52. The van der Waals surface area contributed by atoms with E-state index < -0.39 is 0 Å². The third-order valence-electron chi connectivity index (χ3n) is 7.53. The smallest absolute Gasteiger partial charge is 0.179 e. The van der Waals surface area contributed by atoms with Gasteiger partial charge in [-0.3, -0.25) is 4.79 Å². The molecule has 29 heavy (non-hydrogen) atoms. The van der Waals surface area contributed by atoms with Gasteiger partial charge in [-0.1, -0.05) is 12.1 Å². The molecule has 4 bridgehead atoms. The first-order chi connectivity index (χ1) is 14.0. The summed E-state index contributed by atoms with van der Waals surface area (Å²) < 4.78 is 14.5. The molecular formula is C25H23FO2S. The monoisotopic (exact) mass is 406 g/mol. The van der Waals surface area contributed by atoms with E-state index in [1.165, 1.54) is 42.7 Å². The Hall–Kier alpha value is -2.20. The van der Waals surface area contributed by atoms with Crippen molar-refractivity contribution >= 4 is 27.2 Å². The van der Waals surface area contributed by atoms with Crippen LogP contribution in [0, 0.1) is 29.0 Å². The molecule has 4 heteroatoms. The summed E-state index contributed by atoms with van der Waals surface area (Å²) in [7, 11) is 0. The number of phenolic OH excluding ortho intramolecular Hbond substituents is 1. The van der Waals surface area contributed by atoms with Gasteiger partial charge < -0.3 is 5.11 Å². The van der Waals surface area contributed by atoms with Gasteiger partial charge in [0, 0.05) is 21.1 Å². The number of fused-ring (bicyclic) bond motifs is 1. The van der Waals surface area contributed by atoms with Gasteiger partial charge in [0.2, 0.25) is 0 Å². The maximum atomic E-state index is 14.1. The number of carbonyl (C=O) groups excluding carboxylic acids is 1. The van der Waals surface area contributed by atoms with Crippen LogP contribution in [0.25, 0.3) is 21.2 Å². The van der Waals surface area contributed by atoms with E-state index in [-0.39, 0.29) is 22.8 Å². The van der Waals surface area contributed by atoms with Crippen molar-refractivity contribution < 1.29 is 14.3 Å². The second-order valence-corrected chi connectivity index (χ2v) is 10.6. The molecule has 4 aliphatic carbocycles. The molecule has 4 aliphatic rings. The van der Waals surface area contributed by atoms with Crippen LogP contribution in [0.15, 0.2) is 42.5 Å². The first kappa shape index (κ1) is 17.6. The van der Waals surface area contributed by atoms with Crippen molar-refractivity contribution in [3.63, 3.8) is 0 Å². The summed E-state index contributed by atoms with van der Waals surface area (Å²) in [6.45, 7) is 0. The predicted octanol–water partition coefficient (Wildman–Crippen LogP) is 6.81. The number of halogens is 1. The van der Waals surface area contributed by atoms with Crippen LogP contribution in [0.2, 0.25) is 0 Å². The molecule has 4 fully saturated rings. The van der Waals surface area contributed by atoms with E-state index in [0.29, 0.717) is 17.8 Å². The highest BCUT2D eigenvalue weighted by Crippen LogP contribution is 2.61. The third-order valence-corrected chi connectivity index (χ3v) is 8.68. The molecule has 1 aromatic heterocycles. The molecule has 2 nitrogen and oxygen atoms in total. The van der Waals surface area contributed by atoms with Crippen LogP contribution in [-0.2, 0) is 0 Å². The lowest BCUT2D eigenvalue weighted by Gasteiger charge is -2.55. The third kappa shape index (κ3) is 2.68. The van der Waals surface area contributed by atoms with Gasteiger partial charge in [-0.15, -0.1) is 11.3 Å². The highest BCUT2D eigenvalue weighted by atomic mass is 32.1. The first-order valence-electron chi connectivity index (χ1n) is 10.6. The van der Waals surface area contributed by atoms with E-state index >= 15 is 0 Å². The molecule has 0 atom stereocenters. The largest absolute Gasteiger partial charge is 0.508 e. The first-order valence-corrected chi connectivity index (χ1v) is 11.4. The molecule has 1 N–H and O–H groups in total. The quantitative estimate of drug-likeness (QED) is 0.485. The summed E-state index contributed by atoms with van der Waals surface area (Å²) in [6.07, 6.45) is 6.99. The van der Waals surface area contributed by atoms with Crippen molar-refractivity contribution in [3.8, 4) is 16.9 Å². The second kappa shape index (κ2) is 6.15. The molecule has 148 valence electrons. The lowest BCUT2D eigenvalue weighted by Crippen LogP contribution is -2.49. The van der Waals surface area contributed by atoms with Crippen molar-refractivity contribution in [2.75, 3.05) is 0 Å². The van der Waals surface area contributed by atoms with Gasteiger partial charge in [-0.25, -0.2) is 4.39 Å². The molecule has 4 saturated carbocycles. The summed E-state index contributed by atoms with van der Waals surface area (Å²) in [5.74, 6) is 2.34. The highest BCUT2D eigenvalue weighted by molar-refractivity contribution is 7.21. The number of hydrogen-bond donors (Lipinski definition) is 1. The van der Waals surface area contributed by atoms with E-state index in [2.05, 4.69) is 0 Å². The number of Topliss-reactive ketones (excluding diaryl/α,β-unsaturated/α-hetero) is 1. The van der Waals surface area contributed by atoms with Crippen LogP contribution in [0.5, 0.6) is 5.75 Å². The Morgan fingerprint density at radius 3 is 2.21 bits per heavy atom. The predicted molar refractivity (Wildman–Crippen MR) is 114 cm³/mol. The van der Waals surface area contributed by atoms with Gasteiger partial charge in [0.05, 0.1) is 4.88 Å². The lowest BCUT2D eigenvalue weighted by atomic mass is 9.48. The van der Waals surface area contributed by atoms with Crippen molar-refractivity contribution in [3.05, 3.63) is 53.2 Å². The van der Waals surface area contributed by atoms with Gasteiger partial charge in [0.25, 0.3) is 0 Å². The lowest BCUT2D eigenvalue weighted by molar-refractivity contribution is -0.0350. The summed E-state index contributed by atoms with van der Waals surface area (Å²) in [6, 6.07) is 11.7. The zero-order valence-corrected chi connectivity index (χ0v) is 17.0. The molecule has 0 spiro atoms. The number of phenols is 1. The molecule has 0 amide bonds. The maximum absolute atomic E-state index is 14.1. The zero-order chi connectivity index (χ0) is 19.8. The molecule has 0 aliphatic heterocycles. The van der Waals surface area contributed by atoms with Crippen molar-refractivity contribution in [2.24, 2.45) is 23.2 Å². The molecule has 2 aromatic carbocycles. The zero-order valence-electron chi connectivity index (χ0n) is 16.2. The number of hydrogen-bond acceptors (Lipinski definition) is 3. The molecule has 0 saturated heterocycles. The maximum Gasteiger partial charge on any atom is 0.179 e. The fourth-order valence-electron chi connectivity index (χ4n) is 6.78. The van der Waals surface area contributed by atoms with E-state index in [4.69, 9.17) is 0 Å². The number of thiophene rings is 1. The number of benzene rings is 2. The Morgan fingerprint density at radius 1 is 0.966 bits per heavy atom. The highest BCUT2D eigenvalue weighted by Gasteiger charge is 2.55. The Kier molecular flexibility index (Phi) is 3.74. The van der Waals surface area contributed by atoms with Gasteiger partial charge in [0.15, 0.2) is 5.78 Å². The topological polar surface area (TPSA) is 37.3 Å². The van der Waals surface area contributed by atoms with Crippen molar-refractivity contribution in [1.29, 1.82) is 0 Å². The molecule has 1 heterocycles. The SMILES string of the molecule is O=C(c1sc2cc(O)ccc2c1-c1ccc(F)cc1)C12CC3C[C@H](C1)C[C@H](C3)C2. The summed E-state index contributed by atoms with van der Waals surface area (Å²) >= 11 is 1.49. The minimum Gasteiger partial charge on any atom is -0.508 e. The van der Waals surface area contributed by atoms with E-state index in [1.54, 1.807) is 24.3 Å². The molecule has 0 radical (unpaired) electrons. The normalized spacial score (nSPS) is 30.2. The Labute approximate surface area is 173 Å². The van der Waals surface area contributed by atoms with Crippen molar-refractivity contribution in [1.82, 2.24) is 0 Å². The fourth-order valence-corrected chi connectivity index (χ4v) is 8.10. The number of ketones is 1. The number of aromatic hydroxyl groups is 1. The van der Waals surface area contributed by atoms with Crippen LogP contribution in [0.1, 0.15) is 48.2 Å². The standard InChI is InChI=1S/C25H23FO2S/c26-18-3-1-17(2-4-18)22-20-6-5-19(27)10-21(20)29-23(22)24(28)25-11-14-7-15(12-25)9-16(8-14)13-25/h1-6,10,14-16,27H,7-9,11-13H2/t14-,15-,16?,25?/m1/s1. The van der Waals surface area contributed by atoms with Crippen LogP contribution in [-0.4, -0.2) is 10.9 Å². The van der Waals surface area contributed by atoms with Gasteiger partial charge >= 0.3 is 0 Å². The Morgan fingerprint density at radius 2 is 1.59 bits per heavy atom. The molecule has 7 rings (SSSR count). The van der Waals surface area contributed by atoms with Crippen molar-refractivity contribution in [2.45, 2.75) is 38.5 Å².